The van der Waals surface area contributed by atoms with Gasteiger partial charge in [0.05, 0.1) is 0 Å². The van der Waals surface area contributed by atoms with Crippen molar-refractivity contribution in [2.45, 2.75) is 6.82 Å². The monoisotopic (exact) mass is 211 g/mol. The Morgan fingerprint density at radius 3 is 2.86 bits per heavy atom. The Morgan fingerprint density at radius 1 is 1.71 bits per heavy atom. The highest BCUT2D eigenvalue weighted by atomic mass is 127. The third kappa shape index (κ3) is 6.75. The fraction of sp³-hybridized carbons (Fsp3) is 1.00. The summed E-state index contributed by atoms with van der Waals surface area (Å²) in [6.07, 6.45) is 1.17. The van der Waals surface area contributed by atoms with Crippen molar-refractivity contribution in [3.05, 3.63) is 0 Å². The molecule has 0 atom stereocenters. The molecule has 1 nitrogen and oxygen atoms in total. The SMILES string of the molecule is CBCNCCI. The highest BCUT2D eigenvalue weighted by Gasteiger charge is 1.79. The molecule has 0 fully saturated rings. The zero-order valence-electron chi connectivity index (χ0n) is 4.71. The van der Waals surface area contributed by atoms with Crippen molar-refractivity contribution in [2.75, 3.05) is 17.4 Å². The summed E-state index contributed by atoms with van der Waals surface area (Å²) in [5.74, 6) is 0. The van der Waals surface area contributed by atoms with Gasteiger partial charge in [-0.3, -0.25) is 0 Å². The van der Waals surface area contributed by atoms with E-state index in [9.17, 15) is 0 Å². The fourth-order valence-electron chi connectivity index (χ4n) is 0.369. The average Bonchev–Trinajstić information content (AvgIpc) is 1.69. The summed E-state index contributed by atoms with van der Waals surface area (Å²) in [7, 11) is 1.25. The Balaban J connectivity index is 2.45. The van der Waals surface area contributed by atoms with E-state index in [4.69, 9.17) is 0 Å². The summed E-state index contributed by atoms with van der Waals surface area (Å²) in [6.45, 7) is 3.34. The minimum atomic E-state index is 1.16. The van der Waals surface area contributed by atoms with Crippen molar-refractivity contribution in [1.82, 2.24) is 5.32 Å². The molecule has 0 saturated heterocycles. The number of hydrogen-bond acceptors (Lipinski definition) is 1. The van der Waals surface area contributed by atoms with Crippen LogP contribution >= 0.6 is 22.6 Å². The van der Waals surface area contributed by atoms with E-state index in [-0.39, 0.29) is 0 Å². The van der Waals surface area contributed by atoms with Crippen molar-refractivity contribution >= 4 is 29.9 Å². The number of rotatable bonds is 4. The molecule has 0 aliphatic heterocycles. The summed E-state index contributed by atoms with van der Waals surface area (Å²) in [5.41, 5.74) is 0. The first kappa shape index (κ1) is 7.75. The highest BCUT2D eigenvalue weighted by Crippen LogP contribution is 1.73. The zero-order chi connectivity index (χ0) is 5.54. The number of nitrogens with one attached hydrogen (secondary N) is 1. The van der Waals surface area contributed by atoms with Gasteiger partial charge in [0.2, 0.25) is 0 Å². The topological polar surface area (TPSA) is 12.0 Å². The van der Waals surface area contributed by atoms with Crippen LogP contribution in [0.1, 0.15) is 0 Å². The maximum atomic E-state index is 3.28. The second-order valence-corrected chi connectivity index (χ2v) is 2.52. The molecule has 0 heterocycles. The van der Waals surface area contributed by atoms with Crippen molar-refractivity contribution in [3.63, 3.8) is 0 Å². The van der Waals surface area contributed by atoms with Gasteiger partial charge in [-0.15, -0.1) is 0 Å². The summed E-state index contributed by atoms with van der Waals surface area (Å²) < 4.78 is 1.22. The Kier molecular flexibility index (Phi) is 7.48. The summed E-state index contributed by atoms with van der Waals surface area (Å²) in [6, 6.07) is 0. The smallest absolute Gasteiger partial charge is 0.134 e. The van der Waals surface area contributed by atoms with E-state index in [1.54, 1.807) is 0 Å². The lowest BCUT2D eigenvalue weighted by Crippen LogP contribution is -2.20. The molecule has 0 aromatic heterocycles. The second-order valence-electron chi connectivity index (χ2n) is 1.44. The van der Waals surface area contributed by atoms with Crippen LogP contribution in [0.4, 0.5) is 0 Å². The maximum Gasteiger partial charge on any atom is 0.134 e. The molecule has 7 heavy (non-hydrogen) atoms. The zero-order valence-corrected chi connectivity index (χ0v) is 6.86. The molecule has 0 aromatic rings. The minimum Gasteiger partial charge on any atom is -0.324 e. The van der Waals surface area contributed by atoms with Gasteiger partial charge in [-0.25, -0.2) is 0 Å². The van der Waals surface area contributed by atoms with E-state index in [0.29, 0.717) is 0 Å². The van der Waals surface area contributed by atoms with Crippen LogP contribution in [0.15, 0.2) is 0 Å². The van der Waals surface area contributed by atoms with Gasteiger partial charge in [0, 0.05) is 11.0 Å². The summed E-state index contributed by atoms with van der Waals surface area (Å²) in [4.78, 5) is 0. The Morgan fingerprint density at radius 2 is 2.43 bits per heavy atom. The van der Waals surface area contributed by atoms with Crippen LogP contribution in [0.3, 0.4) is 0 Å². The van der Waals surface area contributed by atoms with Crippen LogP contribution in [0.25, 0.3) is 0 Å². The molecular weight excluding hydrogens is 200 g/mol. The molecule has 0 radical (unpaired) electrons. The van der Waals surface area contributed by atoms with E-state index >= 15 is 0 Å². The molecule has 0 aliphatic carbocycles. The molecule has 0 bridgehead atoms. The molecule has 0 unspecified atom stereocenters. The number of alkyl halides is 1. The molecule has 3 heteroatoms. The van der Waals surface area contributed by atoms with Gasteiger partial charge in [0.1, 0.15) is 7.28 Å². The predicted molar refractivity (Wildman–Crippen MR) is 44.8 cm³/mol. The van der Waals surface area contributed by atoms with E-state index in [2.05, 4.69) is 34.7 Å². The Labute approximate surface area is 59.6 Å². The second kappa shape index (κ2) is 6.75. The standard InChI is InChI=1S/C4H11BIN/c1-5-4-7-3-2-6/h5,7H,2-4H2,1H3. The number of hydrogen-bond donors (Lipinski definition) is 1. The van der Waals surface area contributed by atoms with Crippen molar-refractivity contribution in [1.29, 1.82) is 0 Å². The van der Waals surface area contributed by atoms with Gasteiger partial charge in [0.25, 0.3) is 0 Å². The van der Waals surface area contributed by atoms with E-state index in [0.717, 1.165) is 6.54 Å². The van der Waals surface area contributed by atoms with Gasteiger partial charge >= 0.3 is 0 Å². The molecule has 0 amide bonds. The minimum absolute atomic E-state index is 1.16. The first-order valence-electron chi connectivity index (χ1n) is 2.68. The lowest BCUT2D eigenvalue weighted by atomic mass is 9.83. The van der Waals surface area contributed by atoms with Gasteiger partial charge in [-0.2, -0.15) is 0 Å². The van der Waals surface area contributed by atoms with E-state index in [1.165, 1.54) is 18.2 Å². The first-order chi connectivity index (χ1) is 3.41. The van der Waals surface area contributed by atoms with E-state index < -0.39 is 0 Å². The molecule has 1 N–H and O–H groups in total. The van der Waals surface area contributed by atoms with Crippen LogP contribution in [0.2, 0.25) is 6.82 Å². The van der Waals surface area contributed by atoms with Gasteiger partial charge in [0.15, 0.2) is 0 Å². The van der Waals surface area contributed by atoms with Crippen molar-refractivity contribution < 1.29 is 0 Å². The third-order valence-corrected chi connectivity index (χ3v) is 1.24. The largest absolute Gasteiger partial charge is 0.324 e. The quantitative estimate of drug-likeness (QED) is 0.308. The third-order valence-electron chi connectivity index (χ3n) is 0.698. The molecule has 42 valence electrons. The van der Waals surface area contributed by atoms with Crippen LogP contribution < -0.4 is 5.32 Å². The first-order valence-corrected chi connectivity index (χ1v) is 4.21. The normalized spacial score (nSPS) is 8.86. The van der Waals surface area contributed by atoms with Crippen LogP contribution in [0, 0.1) is 0 Å². The molecule has 0 saturated carbocycles. The molecule has 0 aromatic carbocycles. The summed E-state index contributed by atoms with van der Waals surface area (Å²) >= 11 is 2.36. The average molecular weight is 211 g/mol. The lowest BCUT2D eigenvalue weighted by molar-refractivity contribution is 0.845. The summed E-state index contributed by atoms with van der Waals surface area (Å²) in [5, 5.41) is 3.28. The molecule has 0 spiro atoms. The van der Waals surface area contributed by atoms with Gasteiger partial charge < -0.3 is 5.32 Å². The Bertz CT molecular complexity index is 30.9. The molecule has 0 rings (SSSR count). The van der Waals surface area contributed by atoms with Crippen molar-refractivity contribution in [2.24, 2.45) is 0 Å². The van der Waals surface area contributed by atoms with Crippen molar-refractivity contribution in [3.8, 4) is 0 Å². The predicted octanol–water partition coefficient (Wildman–Crippen LogP) is 0.453. The van der Waals surface area contributed by atoms with Crippen LogP contribution in [-0.2, 0) is 0 Å². The van der Waals surface area contributed by atoms with Gasteiger partial charge in [-0.1, -0.05) is 29.4 Å². The fourth-order valence-corrected chi connectivity index (χ4v) is 0.750. The molecule has 0 aliphatic rings. The maximum absolute atomic E-state index is 3.28. The number of halogens is 1. The van der Waals surface area contributed by atoms with Gasteiger partial charge in [-0.05, 0) is 6.44 Å². The Hall–Kier alpha value is 0.755. The molecular formula is C4H11BIN. The van der Waals surface area contributed by atoms with Crippen LogP contribution in [-0.4, -0.2) is 24.7 Å². The van der Waals surface area contributed by atoms with Crippen LogP contribution in [0.5, 0.6) is 0 Å². The van der Waals surface area contributed by atoms with E-state index in [1.807, 2.05) is 0 Å². The highest BCUT2D eigenvalue weighted by molar-refractivity contribution is 14.1. The lowest BCUT2D eigenvalue weighted by Gasteiger charge is -1.94.